The molecule has 0 unspecified atom stereocenters. The molecule has 1 saturated heterocycles. The summed E-state index contributed by atoms with van der Waals surface area (Å²) in [7, 11) is 1.48. The Morgan fingerprint density at radius 1 is 1.29 bits per heavy atom. The van der Waals surface area contributed by atoms with Crippen LogP contribution in [0.5, 0.6) is 5.75 Å². The zero-order valence-electron chi connectivity index (χ0n) is 19.0. The lowest BCUT2D eigenvalue weighted by atomic mass is 10.0. The van der Waals surface area contributed by atoms with Crippen molar-refractivity contribution in [1.82, 2.24) is 19.9 Å². The normalized spacial score (nSPS) is 18.5. The van der Waals surface area contributed by atoms with Gasteiger partial charge in [0.1, 0.15) is 24.3 Å². The van der Waals surface area contributed by atoms with Crippen LogP contribution in [-0.4, -0.2) is 45.8 Å². The van der Waals surface area contributed by atoms with Gasteiger partial charge in [0.05, 0.1) is 29.8 Å². The number of nitrogens with zero attached hydrogens (tertiary/aromatic N) is 5. The molecule has 2 aliphatic rings. The number of hydrogen-bond donors (Lipinski definition) is 2. The fourth-order valence-corrected chi connectivity index (χ4v) is 4.28. The number of anilines is 2. The number of benzene rings is 1. The zero-order chi connectivity index (χ0) is 24.0. The minimum Gasteiger partial charge on any atom is -0.495 e. The van der Waals surface area contributed by atoms with Gasteiger partial charge < -0.3 is 19.8 Å². The smallest absolute Gasteiger partial charge is 0.417 e. The third-order valence-electron chi connectivity index (χ3n) is 6.28. The molecule has 0 radical (unpaired) electrons. The molecule has 174 valence electrons. The molecule has 2 aromatic heterocycles. The average molecular weight is 461 g/mol. The summed E-state index contributed by atoms with van der Waals surface area (Å²) in [6.45, 7) is 3.97. The molecule has 1 atom stereocenters. The minimum absolute atomic E-state index is 0.147. The largest absolute Gasteiger partial charge is 0.495 e. The van der Waals surface area contributed by atoms with Gasteiger partial charge >= 0.3 is 6.09 Å². The van der Waals surface area contributed by atoms with Crippen LogP contribution in [0.4, 0.5) is 16.7 Å². The summed E-state index contributed by atoms with van der Waals surface area (Å²) in [5, 5.41) is 13.4. The number of aromatic amines is 1. The maximum absolute atomic E-state index is 13.0. The highest BCUT2D eigenvalue weighted by molar-refractivity contribution is 5.88. The van der Waals surface area contributed by atoms with E-state index in [4.69, 9.17) is 9.47 Å². The summed E-state index contributed by atoms with van der Waals surface area (Å²) in [5.74, 6) is 1.34. The fourth-order valence-electron chi connectivity index (χ4n) is 4.28. The van der Waals surface area contributed by atoms with Crippen LogP contribution in [0.3, 0.4) is 0 Å². The number of H-pyrrole nitrogens is 1. The van der Waals surface area contributed by atoms with Crippen molar-refractivity contribution in [3.05, 3.63) is 45.5 Å². The number of nitrogens with one attached hydrogen (secondary N) is 2. The number of carbonyl (C=O) groups excluding carboxylic acids is 1. The SMILES string of the molecule is CC[C@H]1COC(=O)N1c1nc(C)nc(NC2(c3cc4cc(C#N)c(OC)cc4[nH]c3=O)CC2)n1. The number of carbonyl (C=O) groups is 1. The molecule has 3 aromatic rings. The average Bonchev–Trinajstić information content (AvgIpc) is 3.49. The Labute approximate surface area is 194 Å². The molecule has 2 fully saturated rings. The molecule has 0 bridgehead atoms. The highest BCUT2D eigenvalue weighted by Gasteiger charge is 2.47. The molecule has 1 aromatic carbocycles. The molecular weight excluding hydrogens is 438 g/mol. The standard InChI is InChI=1S/C23H23N7O4/c1-4-15-11-34-22(32)30(15)21-26-12(2)25-20(28-21)29-23(5-6-23)16-8-13-7-14(10-24)18(33-3)9-17(13)27-19(16)31/h7-9,15H,4-6,11H2,1-3H3,(H,27,31)(H,25,26,28,29)/t15-/m0/s1. The molecule has 34 heavy (non-hydrogen) atoms. The number of fused-ring (bicyclic) bond motifs is 1. The number of amides is 1. The van der Waals surface area contributed by atoms with E-state index in [0.29, 0.717) is 47.5 Å². The highest BCUT2D eigenvalue weighted by Crippen LogP contribution is 2.47. The second kappa shape index (κ2) is 7.98. The summed E-state index contributed by atoms with van der Waals surface area (Å²) in [6.07, 6.45) is 1.61. The number of rotatable bonds is 6. The zero-order valence-corrected chi connectivity index (χ0v) is 19.0. The number of pyridine rings is 1. The molecular formula is C23H23N7O4. The summed E-state index contributed by atoms with van der Waals surface area (Å²) in [6, 6.07) is 7.09. The lowest BCUT2D eigenvalue weighted by Crippen LogP contribution is -2.35. The molecule has 3 heterocycles. The van der Waals surface area contributed by atoms with E-state index >= 15 is 0 Å². The van der Waals surface area contributed by atoms with E-state index in [2.05, 4.69) is 31.3 Å². The number of aryl methyl sites for hydroxylation is 1. The maximum atomic E-state index is 13.0. The van der Waals surface area contributed by atoms with Gasteiger partial charge in [0.2, 0.25) is 11.9 Å². The Morgan fingerprint density at radius 3 is 2.76 bits per heavy atom. The molecule has 11 nitrogen and oxygen atoms in total. The molecule has 1 aliphatic heterocycles. The first-order chi connectivity index (χ1) is 16.4. The van der Waals surface area contributed by atoms with Gasteiger partial charge in [-0.05, 0) is 38.3 Å². The Kier molecular flexibility index (Phi) is 5.08. The van der Waals surface area contributed by atoms with Crippen LogP contribution < -0.4 is 20.5 Å². The van der Waals surface area contributed by atoms with Gasteiger partial charge in [-0.1, -0.05) is 6.92 Å². The second-order valence-electron chi connectivity index (χ2n) is 8.49. The van der Waals surface area contributed by atoms with Gasteiger partial charge in [-0.3, -0.25) is 4.79 Å². The van der Waals surface area contributed by atoms with Gasteiger partial charge in [-0.15, -0.1) is 0 Å². The van der Waals surface area contributed by atoms with Gasteiger partial charge in [-0.25, -0.2) is 9.69 Å². The van der Waals surface area contributed by atoms with Crippen molar-refractivity contribution in [3.8, 4) is 11.8 Å². The molecule has 11 heteroatoms. The molecule has 5 rings (SSSR count). The first-order valence-electron chi connectivity index (χ1n) is 11.0. The van der Waals surface area contributed by atoms with E-state index in [1.54, 1.807) is 25.1 Å². The predicted octanol–water partition coefficient (Wildman–Crippen LogP) is 2.74. The topological polar surface area (TPSA) is 146 Å². The van der Waals surface area contributed by atoms with Crippen molar-refractivity contribution >= 4 is 28.9 Å². The molecule has 0 spiro atoms. The Hall–Kier alpha value is -4.20. The van der Waals surface area contributed by atoms with E-state index in [0.717, 1.165) is 5.39 Å². The van der Waals surface area contributed by atoms with Gasteiger partial charge in [-0.2, -0.15) is 20.2 Å². The Bertz CT molecular complexity index is 1410. The molecule has 1 aliphatic carbocycles. The van der Waals surface area contributed by atoms with Gasteiger partial charge in [0, 0.05) is 17.0 Å². The number of cyclic esters (lactones) is 1. The van der Waals surface area contributed by atoms with Crippen molar-refractivity contribution in [3.63, 3.8) is 0 Å². The van der Waals surface area contributed by atoms with Crippen molar-refractivity contribution in [2.45, 2.75) is 44.7 Å². The Balaban J connectivity index is 1.52. The lowest BCUT2D eigenvalue weighted by molar-refractivity contribution is 0.178. The van der Waals surface area contributed by atoms with Crippen LogP contribution in [-0.2, 0) is 10.3 Å². The summed E-state index contributed by atoms with van der Waals surface area (Å²) < 4.78 is 10.4. The third-order valence-corrected chi connectivity index (χ3v) is 6.28. The quantitative estimate of drug-likeness (QED) is 0.565. The maximum Gasteiger partial charge on any atom is 0.417 e. The fraction of sp³-hybridized carbons (Fsp3) is 0.391. The van der Waals surface area contributed by atoms with Crippen LogP contribution in [0.15, 0.2) is 23.0 Å². The van der Waals surface area contributed by atoms with Crippen molar-refractivity contribution < 1.29 is 14.3 Å². The van der Waals surface area contributed by atoms with Gasteiger partial charge in [0.15, 0.2) is 0 Å². The summed E-state index contributed by atoms with van der Waals surface area (Å²) in [5.41, 5.74) is 0.586. The lowest BCUT2D eigenvalue weighted by Gasteiger charge is -2.21. The minimum atomic E-state index is -0.657. The molecule has 2 N–H and O–H groups in total. The van der Waals surface area contributed by atoms with Crippen molar-refractivity contribution in [1.29, 1.82) is 5.26 Å². The molecule has 1 saturated carbocycles. The number of ether oxygens (including phenoxy) is 2. The number of aromatic nitrogens is 4. The van der Waals surface area contributed by atoms with Crippen LogP contribution >= 0.6 is 0 Å². The number of nitriles is 1. The first-order valence-corrected chi connectivity index (χ1v) is 11.0. The van der Waals surface area contributed by atoms with Gasteiger partial charge in [0.25, 0.3) is 5.56 Å². The Morgan fingerprint density at radius 2 is 2.09 bits per heavy atom. The second-order valence-corrected chi connectivity index (χ2v) is 8.49. The first kappa shape index (κ1) is 21.6. The van der Waals surface area contributed by atoms with Crippen LogP contribution in [0, 0.1) is 18.3 Å². The summed E-state index contributed by atoms with van der Waals surface area (Å²) in [4.78, 5) is 42.8. The van der Waals surface area contributed by atoms with Crippen LogP contribution in [0.25, 0.3) is 10.9 Å². The monoisotopic (exact) mass is 461 g/mol. The third kappa shape index (κ3) is 3.57. The predicted molar refractivity (Wildman–Crippen MR) is 123 cm³/mol. The summed E-state index contributed by atoms with van der Waals surface area (Å²) >= 11 is 0. The number of methoxy groups -OCH3 is 1. The van der Waals surface area contributed by atoms with E-state index in [1.807, 2.05) is 6.92 Å². The van der Waals surface area contributed by atoms with E-state index < -0.39 is 11.6 Å². The van der Waals surface area contributed by atoms with Crippen LogP contribution in [0.1, 0.15) is 43.1 Å². The van der Waals surface area contributed by atoms with Crippen LogP contribution in [0.2, 0.25) is 0 Å². The van der Waals surface area contributed by atoms with E-state index in [1.165, 1.54) is 12.0 Å². The molecule has 1 amide bonds. The highest BCUT2D eigenvalue weighted by atomic mass is 16.6. The number of hydrogen-bond acceptors (Lipinski definition) is 9. The van der Waals surface area contributed by atoms with E-state index in [9.17, 15) is 14.9 Å². The van der Waals surface area contributed by atoms with E-state index in [-0.39, 0.29) is 30.1 Å². The van der Waals surface area contributed by atoms with Crippen molar-refractivity contribution in [2.24, 2.45) is 0 Å². The van der Waals surface area contributed by atoms with Crippen molar-refractivity contribution in [2.75, 3.05) is 23.9 Å².